The first kappa shape index (κ1) is 52.8. The van der Waals surface area contributed by atoms with Crippen molar-refractivity contribution >= 4 is 19.8 Å². The molecule has 1 N–H and O–H groups in total. The third-order valence-corrected chi connectivity index (χ3v) is 10.8. The van der Waals surface area contributed by atoms with E-state index in [0.717, 1.165) is 38.5 Å². The first-order valence-corrected chi connectivity index (χ1v) is 23.9. The van der Waals surface area contributed by atoms with Crippen LogP contribution in [-0.4, -0.2) is 74.9 Å². The van der Waals surface area contributed by atoms with Crippen molar-refractivity contribution in [3.63, 3.8) is 0 Å². The molecule has 0 aromatic carbocycles. The van der Waals surface area contributed by atoms with Gasteiger partial charge in [-0.3, -0.25) is 18.6 Å². The molecule has 0 saturated heterocycles. The minimum atomic E-state index is -4.37. The zero-order chi connectivity index (χ0) is 40.0. The second-order valence-corrected chi connectivity index (χ2v) is 17.9. The zero-order valence-corrected chi connectivity index (χ0v) is 36.9. The molecule has 54 heavy (non-hydrogen) atoms. The first-order chi connectivity index (χ1) is 26.0. The number of phosphoric acid groups is 1. The molecule has 320 valence electrons. The van der Waals surface area contributed by atoms with Crippen LogP contribution >= 0.6 is 7.82 Å². The van der Waals surface area contributed by atoms with E-state index in [4.69, 9.17) is 18.5 Å². The number of allylic oxidation sites excluding steroid dienone is 2. The first-order valence-electron chi connectivity index (χ1n) is 22.4. The van der Waals surface area contributed by atoms with Crippen LogP contribution in [0.15, 0.2) is 12.2 Å². The summed E-state index contributed by atoms with van der Waals surface area (Å²) in [5, 5.41) is 0. The third kappa shape index (κ3) is 40.4. The van der Waals surface area contributed by atoms with E-state index < -0.39 is 26.5 Å². The van der Waals surface area contributed by atoms with Gasteiger partial charge in [-0.2, -0.15) is 0 Å². The number of esters is 2. The lowest BCUT2D eigenvalue weighted by Gasteiger charge is -2.24. The highest BCUT2D eigenvalue weighted by Crippen LogP contribution is 2.43. The molecule has 0 aliphatic rings. The maximum Gasteiger partial charge on any atom is 0.472 e. The topological polar surface area (TPSA) is 108 Å². The molecule has 0 aliphatic heterocycles. The number of carbonyl (C=O) groups excluding carboxylic acids is 2. The molecule has 2 atom stereocenters. The van der Waals surface area contributed by atoms with Crippen LogP contribution in [0.1, 0.15) is 206 Å². The number of quaternary nitrogens is 1. The number of ether oxygens (including phenoxy) is 2. The number of likely N-dealkylation sites (N-methyl/N-ethyl adjacent to an activating group) is 1. The normalized spacial score (nSPS) is 13.7. The maximum atomic E-state index is 12.7. The molecule has 0 radical (unpaired) electrons. The Balaban J connectivity index is 4.35. The van der Waals surface area contributed by atoms with Gasteiger partial charge in [-0.05, 0) is 38.5 Å². The van der Waals surface area contributed by atoms with Crippen LogP contribution in [0.5, 0.6) is 0 Å². The molecule has 0 saturated carbocycles. The van der Waals surface area contributed by atoms with Gasteiger partial charge in [0.05, 0.1) is 27.7 Å². The van der Waals surface area contributed by atoms with Crippen molar-refractivity contribution in [1.29, 1.82) is 0 Å². The molecule has 10 heteroatoms. The molecule has 0 aromatic rings. The second kappa shape index (κ2) is 37.3. The molecular weight excluding hydrogens is 701 g/mol. The summed E-state index contributed by atoms with van der Waals surface area (Å²) in [5.41, 5.74) is 0. The number of hydrogen-bond acceptors (Lipinski definition) is 7. The fourth-order valence-electron chi connectivity index (χ4n) is 6.24. The zero-order valence-electron chi connectivity index (χ0n) is 36.0. The van der Waals surface area contributed by atoms with Crippen molar-refractivity contribution < 1.29 is 42.1 Å². The summed E-state index contributed by atoms with van der Waals surface area (Å²) in [5.74, 6) is -0.814. The van der Waals surface area contributed by atoms with E-state index in [9.17, 15) is 19.0 Å². The highest BCUT2D eigenvalue weighted by molar-refractivity contribution is 7.47. The minimum absolute atomic E-state index is 0.0314. The molecule has 0 heterocycles. The summed E-state index contributed by atoms with van der Waals surface area (Å²) in [4.78, 5) is 35.3. The SMILES string of the molecule is CCCCCCCCCCC/C=C\CCCCC(=O)O[C@H](COC(=O)CCCCCCCCCCCCCCCCC)COP(=O)(O)OCC[N+](C)(C)C. The Bertz CT molecular complexity index is 938. The molecule has 0 amide bonds. The van der Waals surface area contributed by atoms with E-state index in [1.807, 2.05) is 21.1 Å². The Kier molecular flexibility index (Phi) is 36.5. The molecule has 0 spiro atoms. The fraction of sp³-hybridized carbons (Fsp3) is 0.909. The summed E-state index contributed by atoms with van der Waals surface area (Å²) >= 11 is 0. The van der Waals surface area contributed by atoms with Crippen molar-refractivity contribution in [2.24, 2.45) is 0 Å². The average Bonchev–Trinajstić information content (AvgIpc) is 3.12. The van der Waals surface area contributed by atoms with Gasteiger partial charge < -0.3 is 18.9 Å². The Morgan fingerprint density at radius 2 is 0.944 bits per heavy atom. The predicted octanol–water partition coefficient (Wildman–Crippen LogP) is 12.6. The molecule has 0 bridgehead atoms. The van der Waals surface area contributed by atoms with E-state index >= 15 is 0 Å². The average molecular weight is 789 g/mol. The van der Waals surface area contributed by atoms with Crippen molar-refractivity contribution in [3.8, 4) is 0 Å². The third-order valence-electron chi connectivity index (χ3n) is 9.80. The maximum absolute atomic E-state index is 12.7. The van der Waals surface area contributed by atoms with Gasteiger partial charge in [-0.15, -0.1) is 0 Å². The van der Waals surface area contributed by atoms with Crippen LogP contribution in [0.25, 0.3) is 0 Å². The summed E-state index contributed by atoms with van der Waals surface area (Å²) in [6.07, 6.45) is 38.3. The van der Waals surface area contributed by atoms with E-state index in [1.165, 1.54) is 135 Å². The number of hydrogen-bond donors (Lipinski definition) is 1. The lowest BCUT2D eigenvalue weighted by atomic mass is 10.0. The lowest BCUT2D eigenvalue weighted by molar-refractivity contribution is -0.870. The van der Waals surface area contributed by atoms with E-state index in [1.54, 1.807) is 0 Å². The van der Waals surface area contributed by atoms with Gasteiger partial charge in [0, 0.05) is 12.8 Å². The molecular formula is C44H87NO8P+. The van der Waals surface area contributed by atoms with E-state index in [0.29, 0.717) is 23.9 Å². The number of nitrogens with zero attached hydrogens (tertiary/aromatic N) is 1. The van der Waals surface area contributed by atoms with Crippen LogP contribution in [0.4, 0.5) is 0 Å². The highest BCUT2D eigenvalue weighted by atomic mass is 31.2. The fourth-order valence-corrected chi connectivity index (χ4v) is 6.99. The Morgan fingerprint density at radius 3 is 1.41 bits per heavy atom. The number of unbranched alkanes of at least 4 members (excludes halogenated alkanes) is 25. The summed E-state index contributed by atoms with van der Waals surface area (Å²) in [6, 6.07) is 0. The number of rotatable bonds is 41. The molecule has 1 unspecified atom stereocenters. The van der Waals surface area contributed by atoms with E-state index in [2.05, 4.69) is 26.0 Å². The highest BCUT2D eigenvalue weighted by Gasteiger charge is 2.27. The predicted molar refractivity (Wildman–Crippen MR) is 224 cm³/mol. The Hall–Kier alpha value is -1.25. The van der Waals surface area contributed by atoms with Gasteiger partial charge in [0.15, 0.2) is 6.10 Å². The minimum Gasteiger partial charge on any atom is -0.462 e. The number of phosphoric ester groups is 1. The van der Waals surface area contributed by atoms with Gasteiger partial charge in [0.25, 0.3) is 0 Å². The Labute approximate surface area is 333 Å². The van der Waals surface area contributed by atoms with Gasteiger partial charge in [0.2, 0.25) is 0 Å². The largest absolute Gasteiger partial charge is 0.472 e. The standard InChI is InChI=1S/C44H86NO8P/c1-6-8-10-12-14-16-18-20-22-24-26-28-30-32-34-36-43(46)50-40-42(41-52-54(48,49)51-39-38-45(3,4)5)53-44(47)37-35-33-31-29-27-25-23-21-19-17-15-13-11-9-7-2/h27,29,42H,6-26,28,30-41H2,1-5H3/p+1/b29-27-/t42-/m1/s1. The van der Waals surface area contributed by atoms with E-state index in [-0.39, 0.29) is 25.6 Å². The van der Waals surface area contributed by atoms with Crippen LogP contribution in [-0.2, 0) is 32.7 Å². The Morgan fingerprint density at radius 1 is 0.556 bits per heavy atom. The van der Waals surface area contributed by atoms with Crippen molar-refractivity contribution in [2.75, 3.05) is 47.5 Å². The van der Waals surface area contributed by atoms with Crippen molar-refractivity contribution in [2.45, 2.75) is 213 Å². The van der Waals surface area contributed by atoms with Crippen LogP contribution in [0, 0.1) is 0 Å². The van der Waals surface area contributed by atoms with Crippen LogP contribution in [0.2, 0.25) is 0 Å². The number of carbonyl (C=O) groups is 2. The molecule has 0 rings (SSSR count). The van der Waals surface area contributed by atoms with Crippen LogP contribution < -0.4 is 0 Å². The summed E-state index contributed by atoms with van der Waals surface area (Å²) in [6.45, 7) is 4.42. The van der Waals surface area contributed by atoms with Crippen molar-refractivity contribution in [1.82, 2.24) is 0 Å². The monoisotopic (exact) mass is 789 g/mol. The summed E-state index contributed by atoms with van der Waals surface area (Å²) < 4.78 is 34.3. The van der Waals surface area contributed by atoms with Crippen LogP contribution in [0.3, 0.4) is 0 Å². The van der Waals surface area contributed by atoms with Gasteiger partial charge in [-0.25, -0.2) is 4.57 Å². The summed E-state index contributed by atoms with van der Waals surface area (Å²) in [7, 11) is 1.47. The van der Waals surface area contributed by atoms with Gasteiger partial charge in [0.1, 0.15) is 19.8 Å². The van der Waals surface area contributed by atoms with Gasteiger partial charge in [-0.1, -0.05) is 167 Å². The molecule has 9 nitrogen and oxygen atoms in total. The van der Waals surface area contributed by atoms with Crippen molar-refractivity contribution in [3.05, 3.63) is 12.2 Å². The molecule has 0 aromatic heterocycles. The lowest BCUT2D eigenvalue weighted by Crippen LogP contribution is -2.37. The molecule has 0 aliphatic carbocycles. The quantitative estimate of drug-likeness (QED) is 0.0214. The van der Waals surface area contributed by atoms with Gasteiger partial charge >= 0.3 is 19.8 Å². The molecule has 0 fully saturated rings. The smallest absolute Gasteiger partial charge is 0.462 e. The second-order valence-electron chi connectivity index (χ2n) is 16.4.